The third kappa shape index (κ3) is 3.94. The molecule has 2 N–H and O–H groups in total. The number of carbonyl (C=O) groups is 1. The number of amides is 1. The van der Waals surface area contributed by atoms with Crippen molar-refractivity contribution in [1.82, 2.24) is 5.32 Å². The van der Waals surface area contributed by atoms with Crippen molar-refractivity contribution in [1.29, 1.82) is 0 Å². The van der Waals surface area contributed by atoms with Crippen molar-refractivity contribution in [3.63, 3.8) is 0 Å². The van der Waals surface area contributed by atoms with E-state index in [0.717, 1.165) is 12.8 Å². The summed E-state index contributed by atoms with van der Waals surface area (Å²) in [6.07, 6.45) is 1.78. The van der Waals surface area contributed by atoms with Crippen molar-refractivity contribution < 1.29 is 9.72 Å². The molecule has 0 radical (unpaired) electrons. The van der Waals surface area contributed by atoms with Gasteiger partial charge in [0.25, 0.3) is 11.6 Å². The number of rotatable bonds is 6. The van der Waals surface area contributed by atoms with Gasteiger partial charge in [-0.05, 0) is 25.5 Å². The standard InChI is InChI=1S/C13H19N3O3/c1-4-5-9(2)15-13(17)11-8-10(14-3)6-7-12(11)16(18)19/h6-9,14H,4-5H2,1-3H3,(H,15,17). The molecule has 0 saturated carbocycles. The smallest absolute Gasteiger partial charge is 0.282 e. The molecule has 1 aromatic carbocycles. The molecule has 6 heteroatoms. The first-order valence-corrected chi connectivity index (χ1v) is 6.26. The van der Waals surface area contributed by atoms with Crippen molar-refractivity contribution >= 4 is 17.3 Å². The van der Waals surface area contributed by atoms with Crippen LogP contribution in [-0.2, 0) is 0 Å². The van der Waals surface area contributed by atoms with Gasteiger partial charge in [-0.1, -0.05) is 13.3 Å². The van der Waals surface area contributed by atoms with Gasteiger partial charge in [0, 0.05) is 24.8 Å². The molecule has 1 atom stereocenters. The van der Waals surface area contributed by atoms with Crippen molar-refractivity contribution in [2.45, 2.75) is 32.7 Å². The molecule has 6 nitrogen and oxygen atoms in total. The Morgan fingerprint density at radius 1 is 1.47 bits per heavy atom. The lowest BCUT2D eigenvalue weighted by Gasteiger charge is -2.13. The van der Waals surface area contributed by atoms with E-state index in [1.807, 2.05) is 13.8 Å². The summed E-state index contributed by atoms with van der Waals surface area (Å²) in [6, 6.07) is 4.40. The first-order chi connectivity index (χ1) is 8.99. The molecule has 0 bridgehead atoms. The first kappa shape index (κ1) is 14.9. The van der Waals surface area contributed by atoms with Crippen molar-refractivity contribution in [3.8, 4) is 0 Å². The van der Waals surface area contributed by atoms with Crippen LogP contribution in [0.25, 0.3) is 0 Å². The van der Waals surface area contributed by atoms with Gasteiger partial charge in [-0.25, -0.2) is 0 Å². The number of anilines is 1. The Morgan fingerprint density at radius 3 is 2.68 bits per heavy atom. The molecule has 0 aliphatic carbocycles. The van der Waals surface area contributed by atoms with E-state index in [-0.39, 0.29) is 17.3 Å². The van der Waals surface area contributed by atoms with E-state index >= 15 is 0 Å². The number of nitrogens with one attached hydrogen (secondary N) is 2. The average molecular weight is 265 g/mol. The normalized spacial score (nSPS) is 11.7. The second kappa shape index (κ2) is 6.72. The summed E-state index contributed by atoms with van der Waals surface area (Å²) < 4.78 is 0. The molecule has 1 rings (SSSR count). The molecule has 0 aliphatic rings. The summed E-state index contributed by atoms with van der Waals surface area (Å²) in [5, 5.41) is 16.6. The molecule has 0 saturated heterocycles. The molecule has 0 heterocycles. The van der Waals surface area contributed by atoms with Crippen LogP contribution in [0.2, 0.25) is 0 Å². The van der Waals surface area contributed by atoms with Gasteiger partial charge in [0.2, 0.25) is 0 Å². The summed E-state index contributed by atoms with van der Waals surface area (Å²) in [7, 11) is 1.70. The first-order valence-electron chi connectivity index (χ1n) is 6.26. The molecule has 0 spiro atoms. The van der Waals surface area contributed by atoms with Crippen LogP contribution in [-0.4, -0.2) is 23.9 Å². The average Bonchev–Trinajstić information content (AvgIpc) is 2.37. The van der Waals surface area contributed by atoms with Gasteiger partial charge in [-0.3, -0.25) is 14.9 Å². The van der Waals surface area contributed by atoms with Gasteiger partial charge in [0.05, 0.1) is 4.92 Å². The van der Waals surface area contributed by atoms with E-state index < -0.39 is 10.8 Å². The van der Waals surface area contributed by atoms with Gasteiger partial charge in [-0.15, -0.1) is 0 Å². The maximum Gasteiger partial charge on any atom is 0.282 e. The number of nitro groups is 1. The fraction of sp³-hybridized carbons (Fsp3) is 0.462. The molecule has 19 heavy (non-hydrogen) atoms. The van der Waals surface area contributed by atoms with Gasteiger partial charge >= 0.3 is 0 Å². The van der Waals surface area contributed by atoms with Crippen LogP contribution in [0.3, 0.4) is 0 Å². The molecule has 104 valence electrons. The van der Waals surface area contributed by atoms with E-state index in [4.69, 9.17) is 0 Å². The van der Waals surface area contributed by atoms with E-state index in [1.165, 1.54) is 12.1 Å². The topological polar surface area (TPSA) is 84.3 Å². The van der Waals surface area contributed by atoms with E-state index in [9.17, 15) is 14.9 Å². The van der Waals surface area contributed by atoms with Gasteiger partial charge in [0.15, 0.2) is 0 Å². The fourth-order valence-electron chi connectivity index (χ4n) is 1.84. The van der Waals surface area contributed by atoms with Crippen LogP contribution in [0.15, 0.2) is 18.2 Å². The van der Waals surface area contributed by atoms with Crippen LogP contribution >= 0.6 is 0 Å². The highest BCUT2D eigenvalue weighted by Gasteiger charge is 2.21. The Labute approximate surface area is 112 Å². The largest absolute Gasteiger partial charge is 0.388 e. The summed E-state index contributed by atoms with van der Waals surface area (Å²) in [4.78, 5) is 22.5. The van der Waals surface area contributed by atoms with Crippen LogP contribution in [0, 0.1) is 10.1 Å². The van der Waals surface area contributed by atoms with Crippen molar-refractivity contribution in [2.75, 3.05) is 12.4 Å². The third-order valence-corrected chi connectivity index (χ3v) is 2.83. The second-order valence-corrected chi connectivity index (χ2v) is 4.40. The lowest BCUT2D eigenvalue weighted by molar-refractivity contribution is -0.385. The summed E-state index contributed by atoms with van der Waals surface area (Å²) in [5.41, 5.74) is 0.568. The number of hydrogen-bond acceptors (Lipinski definition) is 4. The minimum absolute atomic E-state index is 0.00431. The van der Waals surface area contributed by atoms with E-state index in [1.54, 1.807) is 13.1 Å². The molecule has 0 aliphatic heterocycles. The minimum Gasteiger partial charge on any atom is -0.388 e. The highest BCUT2D eigenvalue weighted by molar-refractivity contribution is 5.99. The number of benzene rings is 1. The molecule has 1 unspecified atom stereocenters. The zero-order valence-corrected chi connectivity index (χ0v) is 11.4. The predicted molar refractivity (Wildman–Crippen MR) is 74.5 cm³/mol. The number of nitro benzene ring substituents is 1. The minimum atomic E-state index is -0.543. The second-order valence-electron chi connectivity index (χ2n) is 4.40. The van der Waals surface area contributed by atoms with Gasteiger partial charge < -0.3 is 10.6 Å². The summed E-state index contributed by atoms with van der Waals surface area (Å²) >= 11 is 0. The third-order valence-electron chi connectivity index (χ3n) is 2.83. The Morgan fingerprint density at radius 2 is 2.16 bits per heavy atom. The quantitative estimate of drug-likeness (QED) is 0.611. The Kier molecular flexibility index (Phi) is 5.29. The SMILES string of the molecule is CCCC(C)NC(=O)c1cc(NC)ccc1[N+](=O)[O-]. The summed E-state index contributed by atoms with van der Waals surface area (Å²) in [5.74, 6) is -0.412. The van der Waals surface area contributed by atoms with Crippen LogP contribution in [0.4, 0.5) is 11.4 Å². The van der Waals surface area contributed by atoms with Gasteiger partial charge in [-0.2, -0.15) is 0 Å². The maximum atomic E-state index is 12.1. The summed E-state index contributed by atoms with van der Waals surface area (Å²) in [6.45, 7) is 3.90. The molecule has 0 fully saturated rings. The molecular formula is C13H19N3O3. The van der Waals surface area contributed by atoms with E-state index in [0.29, 0.717) is 5.69 Å². The predicted octanol–water partition coefficient (Wildman–Crippen LogP) is 2.55. The number of nitrogens with zero attached hydrogens (tertiary/aromatic N) is 1. The van der Waals surface area contributed by atoms with Crippen LogP contribution in [0.1, 0.15) is 37.0 Å². The van der Waals surface area contributed by atoms with Crippen LogP contribution in [0.5, 0.6) is 0 Å². The lowest BCUT2D eigenvalue weighted by atomic mass is 10.1. The Hall–Kier alpha value is -2.11. The molecule has 0 aromatic heterocycles. The Bertz CT molecular complexity index is 474. The monoisotopic (exact) mass is 265 g/mol. The zero-order valence-electron chi connectivity index (χ0n) is 11.4. The zero-order chi connectivity index (χ0) is 14.4. The molecule has 1 aromatic rings. The van der Waals surface area contributed by atoms with E-state index in [2.05, 4.69) is 10.6 Å². The molecular weight excluding hydrogens is 246 g/mol. The van der Waals surface area contributed by atoms with Gasteiger partial charge in [0.1, 0.15) is 5.56 Å². The Balaban J connectivity index is 3.02. The van der Waals surface area contributed by atoms with Crippen molar-refractivity contribution in [2.24, 2.45) is 0 Å². The number of hydrogen-bond donors (Lipinski definition) is 2. The van der Waals surface area contributed by atoms with Crippen LogP contribution < -0.4 is 10.6 Å². The number of carbonyl (C=O) groups excluding carboxylic acids is 1. The molecule has 1 amide bonds. The highest BCUT2D eigenvalue weighted by Crippen LogP contribution is 2.22. The van der Waals surface area contributed by atoms with Crippen molar-refractivity contribution in [3.05, 3.63) is 33.9 Å². The lowest BCUT2D eigenvalue weighted by Crippen LogP contribution is -2.32. The highest BCUT2D eigenvalue weighted by atomic mass is 16.6. The fourth-order valence-corrected chi connectivity index (χ4v) is 1.84. The maximum absolute atomic E-state index is 12.1.